The van der Waals surface area contributed by atoms with Crippen LogP contribution in [0.4, 0.5) is 0 Å². The summed E-state index contributed by atoms with van der Waals surface area (Å²) in [6.07, 6.45) is 6.47. The second kappa shape index (κ2) is 11.3. The Bertz CT molecular complexity index is 545. The summed E-state index contributed by atoms with van der Waals surface area (Å²) in [4.78, 5) is 9.95. The maximum atomic E-state index is 4.83. The fourth-order valence-corrected chi connectivity index (χ4v) is 4.08. The fraction of sp³-hybridized carbons (Fsp3) is 0.682. The molecule has 0 bridgehead atoms. The van der Waals surface area contributed by atoms with Crippen LogP contribution in [-0.2, 0) is 6.54 Å². The molecule has 1 aromatic carbocycles. The van der Waals surface area contributed by atoms with Crippen LogP contribution in [0.2, 0.25) is 0 Å². The number of benzene rings is 1. The van der Waals surface area contributed by atoms with Gasteiger partial charge in [0.25, 0.3) is 0 Å². The first-order valence-corrected chi connectivity index (χ1v) is 10.9. The highest BCUT2D eigenvalue weighted by Crippen LogP contribution is 2.14. The lowest BCUT2D eigenvalue weighted by Crippen LogP contribution is -2.48. The van der Waals surface area contributed by atoms with Gasteiger partial charge in [-0.2, -0.15) is 0 Å². The molecule has 0 unspecified atom stereocenters. The molecule has 2 saturated heterocycles. The van der Waals surface area contributed by atoms with Crippen LogP contribution in [-0.4, -0.2) is 67.6 Å². The molecule has 2 N–H and O–H groups in total. The minimum atomic E-state index is 0.532. The van der Waals surface area contributed by atoms with E-state index < -0.39 is 0 Å². The summed E-state index contributed by atoms with van der Waals surface area (Å²) in [6.45, 7) is 10.9. The summed E-state index contributed by atoms with van der Waals surface area (Å²) in [5.41, 5.74) is 1.41. The van der Waals surface area contributed by atoms with Gasteiger partial charge in [0, 0.05) is 38.8 Å². The van der Waals surface area contributed by atoms with E-state index in [1.165, 1.54) is 50.8 Å². The van der Waals surface area contributed by atoms with E-state index in [0.717, 1.165) is 45.2 Å². The zero-order valence-electron chi connectivity index (χ0n) is 17.0. The molecule has 2 aliphatic rings. The van der Waals surface area contributed by atoms with Crippen LogP contribution in [0.5, 0.6) is 0 Å². The lowest BCUT2D eigenvalue weighted by Gasteiger charge is -2.33. The van der Waals surface area contributed by atoms with Gasteiger partial charge in [-0.05, 0) is 51.3 Å². The van der Waals surface area contributed by atoms with Crippen LogP contribution in [0, 0.1) is 0 Å². The third kappa shape index (κ3) is 7.15. The van der Waals surface area contributed by atoms with Gasteiger partial charge < -0.3 is 15.5 Å². The van der Waals surface area contributed by atoms with Gasteiger partial charge in [-0.1, -0.05) is 36.8 Å². The van der Waals surface area contributed by atoms with Gasteiger partial charge in [-0.3, -0.25) is 9.89 Å². The number of hydrogen-bond acceptors (Lipinski definition) is 3. The topological polar surface area (TPSA) is 42.9 Å². The van der Waals surface area contributed by atoms with Gasteiger partial charge in [0.2, 0.25) is 0 Å². The molecule has 150 valence electrons. The van der Waals surface area contributed by atoms with Crippen LogP contribution in [0.25, 0.3) is 0 Å². The molecule has 5 nitrogen and oxygen atoms in total. The number of guanidine groups is 1. The molecule has 0 radical (unpaired) electrons. The third-order valence-electron chi connectivity index (χ3n) is 5.66. The van der Waals surface area contributed by atoms with E-state index in [0.29, 0.717) is 6.04 Å². The van der Waals surface area contributed by atoms with Gasteiger partial charge in [-0.15, -0.1) is 0 Å². The minimum absolute atomic E-state index is 0.532. The Kier molecular flexibility index (Phi) is 8.43. The monoisotopic (exact) mass is 371 g/mol. The summed E-state index contributed by atoms with van der Waals surface area (Å²) >= 11 is 0. The SMILES string of the molecule is CCNC(=NCCN1CCCCC1)NC1CCN(Cc2ccccc2)CC1. The highest BCUT2D eigenvalue weighted by atomic mass is 15.2. The normalized spacial score (nSPS) is 20.6. The van der Waals surface area contributed by atoms with Gasteiger partial charge >= 0.3 is 0 Å². The molecule has 0 saturated carbocycles. The lowest BCUT2D eigenvalue weighted by atomic mass is 10.0. The van der Waals surface area contributed by atoms with Crippen LogP contribution in [0.1, 0.15) is 44.6 Å². The maximum Gasteiger partial charge on any atom is 0.191 e. The van der Waals surface area contributed by atoms with Crippen LogP contribution >= 0.6 is 0 Å². The lowest BCUT2D eigenvalue weighted by molar-refractivity contribution is 0.198. The van der Waals surface area contributed by atoms with Crippen molar-refractivity contribution in [1.82, 2.24) is 20.4 Å². The molecule has 2 fully saturated rings. The average Bonchev–Trinajstić information content (AvgIpc) is 2.71. The highest BCUT2D eigenvalue weighted by molar-refractivity contribution is 5.80. The maximum absolute atomic E-state index is 4.83. The molecule has 2 aliphatic heterocycles. The molecule has 0 aromatic heterocycles. The number of nitrogens with zero attached hydrogens (tertiary/aromatic N) is 3. The first-order chi connectivity index (χ1) is 13.3. The summed E-state index contributed by atoms with van der Waals surface area (Å²) < 4.78 is 0. The Labute approximate surface area is 165 Å². The molecule has 5 heteroatoms. The predicted molar refractivity (Wildman–Crippen MR) is 114 cm³/mol. The van der Waals surface area contributed by atoms with E-state index in [9.17, 15) is 0 Å². The van der Waals surface area contributed by atoms with Crippen molar-refractivity contribution in [3.8, 4) is 0 Å². The van der Waals surface area contributed by atoms with E-state index in [1.807, 2.05) is 0 Å². The molecule has 3 rings (SSSR count). The minimum Gasteiger partial charge on any atom is -0.357 e. The van der Waals surface area contributed by atoms with E-state index in [-0.39, 0.29) is 0 Å². The Hall–Kier alpha value is -1.59. The second-order valence-corrected chi connectivity index (χ2v) is 7.84. The molecule has 0 atom stereocenters. The standard InChI is InChI=1S/C22H37N5/c1-2-23-22(24-13-18-26-14-7-4-8-15-26)25-21-11-16-27(17-12-21)19-20-9-5-3-6-10-20/h3,5-6,9-10,21H,2,4,7-8,11-19H2,1H3,(H2,23,24,25). The summed E-state index contributed by atoms with van der Waals surface area (Å²) in [7, 11) is 0. The zero-order valence-corrected chi connectivity index (χ0v) is 17.0. The Morgan fingerprint density at radius 3 is 2.44 bits per heavy atom. The van der Waals surface area contributed by atoms with E-state index in [4.69, 9.17) is 4.99 Å². The largest absolute Gasteiger partial charge is 0.357 e. The average molecular weight is 372 g/mol. The van der Waals surface area contributed by atoms with Gasteiger partial charge in [-0.25, -0.2) is 0 Å². The molecular formula is C22H37N5. The first kappa shape index (κ1) is 20.2. The van der Waals surface area contributed by atoms with Crippen LogP contribution in [0.3, 0.4) is 0 Å². The fourth-order valence-electron chi connectivity index (χ4n) is 4.08. The van der Waals surface area contributed by atoms with E-state index in [2.05, 4.69) is 57.7 Å². The second-order valence-electron chi connectivity index (χ2n) is 7.84. The van der Waals surface area contributed by atoms with Crippen LogP contribution < -0.4 is 10.6 Å². The van der Waals surface area contributed by atoms with Gasteiger partial charge in [0.05, 0.1) is 6.54 Å². The van der Waals surface area contributed by atoms with Crippen molar-refractivity contribution in [3.05, 3.63) is 35.9 Å². The van der Waals surface area contributed by atoms with Crippen molar-refractivity contribution in [1.29, 1.82) is 0 Å². The van der Waals surface area contributed by atoms with E-state index in [1.54, 1.807) is 0 Å². The first-order valence-electron chi connectivity index (χ1n) is 10.9. The summed E-state index contributed by atoms with van der Waals surface area (Å²) in [5, 5.41) is 7.10. The van der Waals surface area contributed by atoms with Crippen molar-refractivity contribution in [2.75, 3.05) is 45.8 Å². The molecule has 1 aromatic rings. The van der Waals surface area contributed by atoms with Gasteiger partial charge in [0.1, 0.15) is 0 Å². The number of nitrogens with one attached hydrogen (secondary N) is 2. The Morgan fingerprint density at radius 2 is 1.74 bits per heavy atom. The number of piperidine rings is 2. The molecule has 0 amide bonds. The summed E-state index contributed by atoms with van der Waals surface area (Å²) in [6, 6.07) is 11.3. The predicted octanol–water partition coefficient (Wildman–Crippen LogP) is 2.69. The molecule has 0 spiro atoms. The van der Waals surface area contributed by atoms with Crippen molar-refractivity contribution in [3.63, 3.8) is 0 Å². The van der Waals surface area contributed by atoms with Crippen LogP contribution in [0.15, 0.2) is 35.3 Å². The number of likely N-dealkylation sites (tertiary alicyclic amines) is 2. The molecule has 2 heterocycles. The van der Waals surface area contributed by atoms with E-state index >= 15 is 0 Å². The smallest absolute Gasteiger partial charge is 0.191 e. The molecular weight excluding hydrogens is 334 g/mol. The zero-order chi connectivity index (χ0) is 18.7. The van der Waals surface area contributed by atoms with Crippen molar-refractivity contribution in [2.45, 2.75) is 51.6 Å². The number of hydrogen-bond donors (Lipinski definition) is 2. The Balaban J connectivity index is 1.39. The Morgan fingerprint density at radius 1 is 1.00 bits per heavy atom. The quantitative estimate of drug-likeness (QED) is 0.571. The van der Waals surface area contributed by atoms with Gasteiger partial charge in [0.15, 0.2) is 5.96 Å². The summed E-state index contributed by atoms with van der Waals surface area (Å²) in [5.74, 6) is 0.996. The number of rotatable bonds is 7. The number of aliphatic imine (C=N–C) groups is 1. The van der Waals surface area contributed by atoms with Crippen molar-refractivity contribution in [2.24, 2.45) is 4.99 Å². The molecule has 0 aliphatic carbocycles. The highest BCUT2D eigenvalue weighted by Gasteiger charge is 2.20. The molecule has 27 heavy (non-hydrogen) atoms. The van der Waals surface area contributed by atoms with Crippen molar-refractivity contribution < 1.29 is 0 Å². The van der Waals surface area contributed by atoms with Crippen molar-refractivity contribution >= 4 is 5.96 Å². The third-order valence-corrected chi connectivity index (χ3v) is 5.66.